The summed E-state index contributed by atoms with van der Waals surface area (Å²) in [5, 5.41) is 21.1. The van der Waals surface area contributed by atoms with Gasteiger partial charge < -0.3 is 16.2 Å². The minimum atomic E-state index is -0.319. The van der Waals surface area contributed by atoms with Crippen LogP contribution >= 0.6 is 0 Å². The monoisotopic (exact) mass is 568 g/mol. The molecule has 4 heterocycles. The lowest BCUT2D eigenvalue weighted by molar-refractivity contribution is 0.0936. The fourth-order valence-electron chi connectivity index (χ4n) is 5.49. The Morgan fingerprint density at radius 1 is 1.00 bits per heavy atom. The molecule has 1 amide bonds. The first-order chi connectivity index (χ1) is 21.0. The van der Waals surface area contributed by atoms with E-state index in [4.69, 9.17) is 15.7 Å². The second-order valence-electron chi connectivity index (χ2n) is 10.2. The first kappa shape index (κ1) is 26.0. The first-order valence-corrected chi connectivity index (χ1v) is 13.6. The van der Waals surface area contributed by atoms with Crippen molar-refractivity contribution in [1.29, 1.82) is 0 Å². The van der Waals surface area contributed by atoms with E-state index in [1.807, 2.05) is 53.1 Å². The van der Waals surface area contributed by atoms with E-state index in [9.17, 15) is 14.7 Å². The Kier molecular flexibility index (Phi) is 6.31. The van der Waals surface area contributed by atoms with Gasteiger partial charge in [-0.25, -0.2) is 15.0 Å². The van der Waals surface area contributed by atoms with Crippen LogP contribution in [0.15, 0.2) is 85.2 Å². The SMILES string of the molecule is Nc1ncccc1-c1nc2ccc(-c3cccnn3)nc2n1-c1ccc2c(c1)CC[C@@H]2NC(=O)c1ccc(O)c(C=O)c1. The topological polar surface area (TPSA) is 162 Å². The molecule has 4 N–H and O–H groups in total. The summed E-state index contributed by atoms with van der Waals surface area (Å²) in [6.45, 7) is 0. The summed E-state index contributed by atoms with van der Waals surface area (Å²) in [5.41, 5.74) is 12.9. The van der Waals surface area contributed by atoms with Crippen LogP contribution < -0.4 is 11.1 Å². The standard InChI is InChI=1S/C32H24N8O3/c33-29-23(3-1-13-34-29)30-37-27-11-10-25(26-4-2-14-35-39-26)36-31(27)40(30)21-7-8-22-18(16-21)5-9-24(22)38-32(43)19-6-12-28(42)20(15-19)17-41/h1-4,6-8,10-17,24,42H,5,9H2,(H2,33,34)(H,38,43)/t24-/m0/s1. The molecule has 0 bridgehead atoms. The van der Waals surface area contributed by atoms with Crippen LogP contribution in [0, 0.1) is 0 Å². The molecule has 0 spiro atoms. The van der Waals surface area contributed by atoms with Crippen LogP contribution in [0.25, 0.3) is 39.6 Å². The van der Waals surface area contributed by atoms with Crippen LogP contribution in [0.4, 0.5) is 5.82 Å². The highest BCUT2D eigenvalue weighted by molar-refractivity contribution is 5.96. The van der Waals surface area contributed by atoms with Crippen LogP contribution in [0.2, 0.25) is 0 Å². The average molecular weight is 569 g/mol. The summed E-state index contributed by atoms with van der Waals surface area (Å²) in [5.74, 6) is 0.471. The van der Waals surface area contributed by atoms with Gasteiger partial charge in [0.15, 0.2) is 17.8 Å². The predicted molar refractivity (Wildman–Crippen MR) is 160 cm³/mol. The van der Waals surface area contributed by atoms with Gasteiger partial charge in [-0.1, -0.05) is 6.07 Å². The number of imidazole rings is 1. The number of carbonyl (C=O) groups is 2. The molecule has 0 radical (unpaired) electrons. The number of nitrogens with two attached hydrogens (primary N) is 1. The normalized spacial score (nSPS) is 14.0. The van der Waals surface area contributed by atoms with E-state index in [1.165, 1.54) is 18.2 Å². The van der Waals surface area contributed by atoms with E-state index in [1.54, 1.807) is 12.4 Å². The van der Waals surface area contributed by atoms with Crippen LogP contribution in [-0.2, 0) is 6.42 Å². The van der Waals surface area contributed by atoms with Crippen molar-refractivity contribution in [2.45, 2.75) is 18.9 Å². The van der Waals surface area contributed by atoms with Crippen molar-refractivity contribution in [2.75, 3.05) is 5.73 Å². The van der Waals surface area contributed by atoms with Gasteiger partial charge in [0.25, 0.3) is 5.91 Å². The molecule has 0 unspecified atom stereocenters. The Labute approximate surface area is 245 Å². The number of hydrogen-bond acceptors (Lipinski definition) is 9. The Bertz CT molecular complexity index is 2040. The molecule has 4 aromatic heterocycles. The highest BCUT2D eigenvalue weighted by Crippen LogP contribution is 2.36. The molecule has 43 heavy (non-hydrogen) atoms. The number of hydrogen-bond donors (Lipinski definition) is 3. The fourth-order valence-corrected chi connectivity index (χ4v) is 5.49. The summed E-state index contributed by atoms with van der Waals surface area (Å²) in [6.07, 6.45) is 5.24. The molecule has 1 aliphatic carbocycles. The third kappa shape index (κ3) is 4.62. The molecule has 1 atom stereocenters. The van der Waals surface area contributed by atoms with Crippen molar-refractivity contribution in [3.8, 4) is 34.2 Å². The number of rotatable bonds is 6. The number of aldehydes is 1. The maximum Gasteiger partial charge on any atom is 0.251 e. The maximum absolute atomic E-state index is 13.0. The minimum Gasteiger partial charge on any atom is -0.507 e. The molecule has 210 valence electrons. The van der Waals surface area contributed by atoms with Crippen LogP contribution in [0.5, 0.6) is 5.75 Å². The van der Waals surface area contributed by atoms with Crippen molar-refractivity contribution in [3.05, 3.63) is 107 Å². The van der Waals surface area contributed by atoms with Gasteiger partial charge in [-0.05, 0) is 90.7 Å². The zero-order valence-electron chi connectivity index (χ0n) is 22.7. The molecule has 0 saturated carbocycles. The Balaban J connectivity index is 1.29. The number of amides is 1. The van der Waals surface area contributed by atoms with E-state index < -0.39 is 0 Å². The number of aromatic hydroxyl groups is 1. The minimum absolute atomic E-state index is 0.0674. The molecule has 11 heteroatoms. The molecule has 6 aromatic rings. The number of pyridine rings is 2. The van der Waals surface area contributed by atoms with Crippen LogP contribution in [0.3, 0.4) is 0 Å². The first-order valence-electron chi connectivity index (χ1n) is 13.6. The van der Waals surface area contributed by atoms with Crippen LogP contribution in [0.1, 0.15) is 44.3 Å². The van der Waals surface area contributed by atoms with Crippen molar-refractivity contribution in [3.63, 3.8) is 0 Å². The highest BCUT2D eigenvalue weighted by atomic mass is 16.3. The van der Waals surface area contributed by atoms with Crippen molar-refractivity contribution in [1.82, 2.24) is 35.0 Å². The Hall–Kier alpha value is -5.97. The quantitative estimate of drug-likeness (QED) is 0.246. The number of nitrogen functional groups attached to an aromatic ring is 1. The molecule has 7 rings (SSSR count). The number of anilines is 1. The highest BCUT2D eigenvalue weighted by Gasteiger charge is 2.26. The largest absolute Gasteiger partial charge is 0.507 e. The fraction of sp³-hybridized carbons (Fsp3) is 0.0938. The number of phenolic OH excluding ortho intramolecular Hbond substituents is 1. The zero-order chi connectivity index (χ0) is 29.5. The van der Waals surface area contributed by atoms with Gasteiger partial charge in [-0.2, -0.15) is 5.10 Å². The van der Waals surface area contributed by atoms with Gasteiger partial charge in [0.05, 0.1) is 22.9 Å². The molecular formula is C32H24N8O3. The third-order valence-electron chi connectivity index (χ3n) is 7.60. The van der Waals surface area contributed by atoms with E-state index in [-0.39, 0.29) is 23.3 Å². The Morgan fingerprint density at radius 2 is 1.88 bits per heavy atom. The van der Waals surface area contributed by atoms with E-state index >= 15 is 0 Å². The van der Waals surface area contributed by atoms with Gasteiger partial charge in [-0.3, -0.25) is 14.2 Å². The average Bonchev–Trinajstić information content (AvgIpc) is 3.62. The van der Waals surface area contributed by atoms with Crippen molar-refractivity contribution < 1.29 is 14.7 Å². The zero-order valence-corrected chi connectivity index (χ0v) is 22.7. The van der Waals surface area contributed by atoms with Gasteiger partial charge in [0, 0.05) is 23.6 Å². The van der Waals surface area contributed by atoms with Gasteiger partial charge in [0.1, 0.15) is 22.8 Å². The molecular weight excluding hydrogens is 544 g/mol. The summed E-state index contributed by atoms with van der Waals surface area (Å²) in [7, 11) is 0. The van der Waals surface area contributed by atoms with Gasteiger partial charge >= 0.3 is 0 Å². The lowest BCUT2D eigenvalue weighted by Gasteiger charge is -2.16. The van der Waals surface area contributed by atoms with E-state index in [0.29, 0.717) is 58.0 Å². The maximum atomic E-state index is 13.0. The number of benzene rings is 2. The molecule has 2 aromatic carbocycles. The number of aromatic nitrogens is 6. The van der Waals surface area contributed by atoms with E-state index in [2.05, 4.69) is 26.6 Å². The summed E-state index contributed by atoms with van der Waals surface area (Å²) < 4.78 is 1.96. The second kappa shape index (κ2) is 10.5. The molecule has 0 saturated heterocycles. The number of carbonyl (C=O) groups excluding carboxylic acids is 2. The molecule has 1 aliphatic rings. The second-order valence-corrected chi connectivity index (χ2v) is 10.2. The summed E-state index contributed by atoms with van der Waals surface area (Å²) in [6, 6.07) is 21.2. The van der Waals surface area contributed by atoms with Crippen molar-refractivity contribution in [2.24, 2.45) is 0 Å². The van der Waals surface area contributed by atoms with E-state index in [0.717, 1.165) is 23.2 Å². The van der Waals surface area contributed by atoms with Crippen molar-refractivity contribution >= 4 is 29.2 Å². The smallest absolute Gasteiger partial charge is 0.251 e. The summed E-state index contributed by atoms with van der Waals surface area (Å²) in [4.78, 5) is 38.4. The molecule has 11 nitrogen and oxygen atoms in total. The Morgan fingerprint density at radius 3 is 2.70 bits per heavy atom. The predicted octanol–water partition coefficient (Wildman–Crippen LogP) is 4.46. The lowest BCUT2D eigenvalue weighted by Crippen LogP contribution is -2.27. The number of phenols is 1. The number of nitrogens with zero attached hydrogens (tertiary/aromatic N) is 6. The number of aryl methyl sites for hydroxylation is 1. The number of fused-ring (bicyclic) bond motifs is 2. The third-order valence-corrected chi connectivity index (χ3v) is 7.60. The van der Waals surface area contributed by atoms with Gasteiger partial charge in [0.2, 0.25) is 0 Å². The molecule has 0 aliphatic heterocycles. The van der Waals surface area contributed by atoms with Crippen LogP contribution in [-0.4, -0.2) is 47.0 Å². The number of nitrogens with one attached hydrogen (secondary N) is 1. The molecule has 0 fully saturated rings. The lowest BCUT2D eigenvalue weighted by atomic mass is 10.1. The van der Waals surface area contributed by atoms with Gasteiger partial charge in [-0.15, -0.1) is 5.10 Å². The summed E-state index contributed by atoms with van der Waals surface area (Å²) >= 11 is 0.